The van der Waals surface area contributed by atoms with Crippen LogP contribution in [0.15, 0.2) is 24.3 Å². The van der Waals surface area contributed by atoms with Crippen molar-refractivity contribution in [2.75, 3.05) is 6.54 Å². The van der Waals surface area contributed by atoms with E-state index in [1.807, 2.05) is 12.1 Å². The SMILES string of the molecule is Fc1ccccc1CNCC1CCC2(CCCCC2)O1. The first kappa shape index (κ1) is 14.0. The van der Waals surface area contributed by atoms with Gasteiger partial charge in [0.1, 0.15) is 5.82 Å². The van der Waals surface area contributed by atoms with E-state index in [-0.39, 0.29) is 11.4 Å². The molecule has 1 aliphatic heterocycles. The van der Waals surface area contributed by atoms with Gasteiger partial charge in [-0.15, -0.1) is 0 Å². The van der Waals surface area contributed by atoms with Crippen LogP contribution >= 0.6 is 0 Å². The summed E-state index contributed by atoms with van der Waals surface area (Å²) < 4.78 is 19.8. The molecule has 1 unspecified atom stereocenters. The smallest absolute Gasteiger partial charge is 0.127 e. The minimum absolute atomic E-state index is 0.129. The lowest BCUT2D eigenvalue weighted by atomic mass is 9.83. The van der Waals surface area contributed by atoms with Gasteiger partial charge in [0.05, 0.1) is 11.7 Å². The van der Waals surface area contributed by atoms with Crippen molar-refractivity contribution >= 4 is 0 Å². The minimum Gasteiger partial charge on any atom is -0.370 e. The Balaban J connectivity index is 1.45. The lowest BCUT2D eigenvalue weighted by Gasteiger charge is -2.33. The summed E-state index contributed by atoms with van der Waals surface area (Å²) in [7, 11) is 0. The summed E-state index contributed by atoms with van der Waals surface area (Å²) in [6.07, 6.45) is 9.11. The molecule has 1 aliphatic carbocycles. The molecule has 20 heavy (non-hydrogen) atoms. The topological polar surface area (TPSA) is 21.3 Å². The third-order valence-electron chi connectivity index (χ3n) is 4.75. The molecule has 110 valence electrons. The Kier molecular flexibility index (Phi) is 4.37. The maximum atomic E-state index is 13.5. The highest BCUT2D eigenvalue weighted by Gasteiger charge is 2.40. The van der Waals surface area contributed by atoms with E-state index in [0.29, 0.717) is 12.6 Å². The molecule has 3 rings (SSSR count). The fraction of sp³-hybridized carbons (Fsp3) is 0.647. The first-order chi connectivity index (χ1) is 9.77. The summed E-state index contributed by atoms with van der Waals surface area (Å²) in [5.74, 6) is -0.129. The second-order valence-corrected chi connectivity index (χ2v) is 6.24. The molecule has 0 aromatic heterocycles. The van der Waals surface area contributed by atoms with E-state index in [1.54, 1.807) is 6.07 Å². The number of hydrogen-bond acceptors (Lipinski definition) is 2. The summed E-state index contributed by atoms with van der Waals surface area (Å²) in [6.45, 7) is 1.41. The Bertz CT molecular complexity index is 442. The largest absolute Gasteiger partial charge is 0.370 e. The molecule has 1 saturated heterocycles. The highest BCUT2D eigenvalue weighted by atomic mass is 19.1. The second-order valence-electron chi connectivity index (χ2n) is 6.24. The molecule has 1 aromatic rings. The first-order valence-corrected chi connectivity index (χ1v) is 7.89. The zero-order valence-electron chi connectivity index (χ0n) is 12.0. The lowest BCUT2D eigenvalue weighted by Crippen LogP contribution is -2.34. The van der Waals surface area contributed by atoms with Crippen LogP contribution in [-0.4, -0.2) is 18.2 Å². The molecule has 1 saturated carbocycles. The van der Waals surface area contributed by atoms with Gasteiger partial charge in [0.2, 0.25) is 0 Å². The van der Waals surface area contributed by atoms with Gasteiger partial charge in [-0.25, -0.2) is 4.39 Å². The highest BCUT2D eigenvalue weighted by molar-refractivity contribution is 5.16. The Morgan fingerprint density at radius 2 is 1.95 bits per heavy atom. The number of hydrogen-bond donors (Lipinski definition) is 1. The molecule has 2 nitrogen and oxygen atoms in total. The molecule has 0 bridgehead atoms. The number of halogens is 1. The normalized spacial score (nSPS) is 25.1. The molecule has 1 N–H and O–H groups in total. The van der Waals surface area contributed by atoms with Crippen LogP contribution in [0, 0.1) is 5.82 Å². The van der Waals surface area contributed by atoms with E-state index < -0.39 is 0 Å². The zero-order valence-corrected chi connectivity index (χ0v) is 12.0. The molecule has 3 heteroatoms. The number of nitrogens with one attached hydrogen (secondary N) is 1. The van der Waals surface area contributed by atoms with Gasteiger partial charge in [0.15, 0.2) is 0 Å². The van der Waals surface area contributed by atoms with Crippen LogP contribution in [0.4, 0.5) is 4.39 Å². The average Bonchev–Trinajstić information content (AvgIpc) is 2.85. The van der Waals surface area contributed by atoms with Gasteiger partial charge in [0, 0.05) is 18.7 Å². The third kappa shape index (κ3) is 3.21. The summed E-state index contributed by atoms with van der Waals surface area (Å²) in [6, 6.07) is 6.95. The Hall–Kier alpha value is -0.930. The molecule has 2 fully saturated rings. The Morgan fingerprint density at radius 1 is 1.15 bits per heavy atom. The van der Waals surface area contributed by atoms with Gasteiger partial charge < -0.3 is 10.1 Å². The van der Waals surface area contributed by atoms with Crippen LogP contribution in [0.5, 0.6) is 0 Å². The first-order valence-electron chi connectivity index (χ1n) is 7.89. The second kappa shape index (κ2) is 6.23. The monoisotopic (exact) mass is 277 g/mol. The molecular formula is C17H24FNO. The molecule has 1 aromatic carbocycles. The van der Waals surface area contributed by atoms with Crippen molar-refractivity contribution in [3.63, 3.8) is 0 Å². The maximum absolute atomic E-state index is 13.5. The van der Waals surface area contributed by atoms with Crippen LogP contribution < -0.4 is 5.32 Å². The van der Waals surface area contributed by atoms with Crippen LogP contribution in [0.2, 0.25) is 0 Å². The molecule has 1 spiro atoms. The quantitative estimate of drug-likeness (QED) is 0.904. The van der Waals surface area contributed by atoms with E-state index in [1.165, 1.54) is 44.6 Å². The maximum Gasteiger partial charge on any atom is 0.127 e. The van der Waals surface area contributed by atoms with Crippen molar-refractivity contribution in [3.8, 4) is 0 Å². The molecule has 0 amide bonds. The van der Waals surface area contributed by atoms with Crippen LogP contribution in [0.1, 0.15) is 50.5 Å². The number of ether oxygens (including phenoxy) is 1. The van der Waals surface area contributed by atoms with Crippen molar-refractivity contribution in [1.82, 2.24) is 5.32 Å². The Labute approximate surface area is 120 Å². The summed E-state index contributed by atoms with van der Waals surface area (Å²) in [5, 5.41) is 3.34. The fourth-order valence-electron chi connectivity index (χ4n) is 3.61. The van der Waals surface area contributed by atoms with Crippen molar-refractivity contribution in [2.45, 2.75) is 63.2 Å². The standard InChI is InChI=1S/C17H24FNO/c18-16-7-3-2-6-14(16)12-19-13-15-8-11-17(20-15)9-4-1-5-10-17/h2-3,6-7,15,19H,1,4-5,8-13H2. The Morgan fingerprint density at radius 3 is 2.75 bits per heavy atom. The van der Waals surface area contributed by atoms with E-state index in [4.69, 9.17) is 4.74 Å². The zero-order chi connectivity index (χ0) is 13.8. The lowest BCUT2D eigenvalue weighted by molar-refractivity contribution is -0.0624. The van der Waals surface area contributed by atoms with Gasteiger partial charge in [-0.1, -0.05) is 37.5 Å². The molecule has 1 heterocycles. The fourth-order valence-corrected chi connectivity index (χ4v) is 3.61. The van der Waals surface area contributed by atoms with E-state index in [2.05, 4.69) is 5.32 Å². The number of rotatable bonds is 4. The van der Waals surface area contributed by atoms with Crippen LogP contribution in [0.3, 0.4) is 0 Å². The summed E-state index contributed by atoms with van der Waals surface area (Å²) >= 11 is 0. The predicted octanol–water partition coefficient (Wildman–Crippen LogP) is 3.80. The third-order valence-corrected chi connectivity index (χ3v) is 4.75. The van der Waals surface area contributed by atoms with E-state index >= 15 is 0 Å². The highest BCUT2D eigenvalue weighted by Crippen LogP contribution is 2.41. The average molecular weight is 277 g/mol. The van der Waals surface area contributed by atoms with Gasteiger partial charge in [-0.05, 0) is 31.7 Å². The van der Waals surface area contributed by atoms with Crippen molar-refractivity contribution in [1.29, 1.82) is 0 Å². The molecule has 2 aliphatic rings. The van der Waals surface area contributed by atoms with Gasteiger partial charge >= 0.3 is 0 Å². The van der Waals surface area contributed by atoms with Crippen molar-refractivity contribution < 1.29 is 9.13 Å². The molecule has 0 radical (unpaired) electrons. The van der Waals surface area contributed by atoms with Crippen molar-refractivity contribution in [2.24, 2.45) is 0 Å². The van der Waals surface area contributed by atoms with Crippen LogP contribution in [-0.2, 0) is 11.3 Å². The minimum atomic E-state index is -0.129. The molecular weight excluding hydrogens is 253 g/mol. The van der Waals surface area contributed by atoms with E-state index in [0.717, 1.165) is 18.5 Å². The van der Waals surface area contributed by atoms with Gasteiger partial charge in [0.25, 0.3) is 0 Å². The molecule has 1 atom stereocenters. The van der Waals surface area contributed by atoms with Gasteiger partial charge in [-0.3, -0.25) is 0 Å². The summed E-state index contributed by atoms with van der Waals surface area (Å²) in [5.41, 5.74) is 0.917. The number of benzene rings is 1. The predicted molar refractivity (Wildman–Crippen MR) is 78.0 cm³/mol. The van der Waals surface area contributed by atoms with Crippen molar-refractivity contribution in [3.05, 3.63) is 35.6 Å². The van der Waals surface area contributed by atoms with Crippen LogP contribution in [0.25, 0.3) is 0 Å². The van der Waals surface area contributed by atoms with E-state index in [9.17, 15) is 4.39 Å². The summed E-state index contributed by atoms with van der Waals surface area (Å²) in [4.78, 5) is 0. The van der Waals surface area contributed by atoms with Gasteiger partial charge in [-0.2, -0.15) is 0 Å².